The molecule has 0 saturated carbocycles. The number of nitrogens with zero attached hydrogens (tertiary/aromatic N) is 6. The van der Waals surface area contributed by atoms with Crippen molar-refractivity contribution in [2.45, 2.75) is 84.8 Å². The molecule has 0 aliphatic carbocycles. The summed E-state index contributed by atoms with van der Waals surface area (Å²) in [5.74, 6) is 2.19. The molecule has 2 N–H and O–H groups in total. The van der Waals surface area contributed by atoms with Gasteiger partial charge in [-0.15, -0.1) is 24.8 Å². The third-order valence-corrected chi connectivity index (χ3v) is 12.5. The van der Waals surface area contributed by atoms with Crippen LogP contribution in [0.4, 0.5) is 11.4 Å². The van der Waals surface area contributed by atoms with E-state index in [4.69, 9.17) is 0 Å². The highest BCUT2D eigenvalue weighted by Gasteiger charge is 2.24. The van der Waals surface area contributed by atoms with E-state index >= 15 is 0 Å². The van der Waals surface area contributed by atoms with Gasteiger partial charge in [0.25, 0.3) is 0 Å². The Morgan fingerprint density at radius 2 is 0.982 bits per heavy atom. The maximum atomic E-state index is 11.3. The van der Waals surface area contributed by atoms with Crippen molar-refractivity contribution >= 4 is 47.8 Å². The molecule has 57 heavy (non-hydrogen) atoms. The Morgan fingerprint density at radius 1 is 0.596 bits per heavy atom. The summed E-state index contributed by atoms with van der Waals surface area (Å²) in [7, 11) is 0. The Labute approximate surface area is 356 Å². The fourth-order valence-electron chi connectivity index (χ4n) is 8.83. The van der Waals surface area contributed by atoms with Gasteiger partial charge >= 0.3 is 0 Å². The van der Waals surface area contributed by atoms with Crippen molar-refractivity contribution in [2.75, 3.05) is 115 Å². The summed E-state index contributed by atoms with van der Waals surface area (Å²) in [6.07, 6.45) is 7.50. The topological polar surface area (TPSA) is 94.0 Å². The molecule has 6 rings (SSSR count). The standard InChI is InChI=1S/C23H37N3O2.C22H35N3O2.2ClH/c1-3-23(28)21-5-4-6-22(17-21)26-15-13-24(14-16-26)10-7-20-8-11-25(12-9-20)18-19(2)27;1-18(26)17-24-10-7-20(8-11-24)6-9-23-12-14-25(15-13-23)22-5-3-4-21(16-22)19(2)27;;/h4-6,17,20,23,28H,3,7-16,18H2,1-2H3;3-5,16,19-20,27H,6-15,17H2,1-2H3;2*1H. The SMILES string of the molecule is CC(=O)CN1CCC(CCN2CCN(c3cccc(C(C)O)c3)CC2)CC1.CCC(O)c1cccc(N2CCN(CCC3CCN(CC(C)=O)CC3)CC2)c1.Cl.Cl. The van der Waals surface area contributed by atoms with E-state index in [0.29, 0.717) is 13.1 Å². The van der Waals surface area contributed by atoms with Gasteiger partial charge in [0.15, 0.2) is 0 Å². The molecule has 0 bridgehead atoms. The molecule has 4 fully saturated rings. The van der Waals surface area contributed by atoms with Crippen molar-refractivity contribution in [3.63, 3.8) is 0 Å². The number of rotatable bonds is 15. The van der Waals surface area contributed by atoms with Crippen LogP contribution in [-0.4, -0.2) is 146 Å². The van der Waals surface area contributed by atoms with Gasteiger partial charge < -0.3 is 20.0 Å². The molecule has 322 valence electrons. The molecule has 4 heterocycles. The van der Waals surface area contributed by atoms with Crippen LogP contribution in [0, 0.1) is 11.8 Å². The van der Waals surface area contributed by atoms with E-state index < -0.39 is 6.10 Å². The molecule has 4 aliphatic heterocycles. The molecular weight excluding hydrogens is 759 g/mol. The minimum Gasteiger partial charge on any atom is -0.389 e. The highest BCUT2D eigenvalue weighted by atomic mass is 35.5. The third-order valence-electron chi connectivity index (χ3n) is 12.5. The van der Waals surface area contributed by atoms with Crippen molar-refractivity contribution in [1.82, 2.24) is 19.6 Å². The number of carbonyl (C=O) groups is 2. The zero-order valence-corrected chi connectivity index (χ0v) is 37.0. The minimum atomic E-state index is -0.409. The molecular formula is C45H74Cl2N6O4. The number of halogens is 2. The first kappa shape index (κ1) is 49.1. The summed E-state index contributed by atoms with van der Waals surface area (Å²) in [5.41, 5.74) is 4.48. The summed E-state index contributed by atoms with van der Waals surface area (Å²) < 4.78 is 0. The van der Waals surface area contributed by atoms with Gasteiger partial charge in [-0.25, -0.2) is 0 Å². The van der Waals surface area contributed by atoms with Gasteiger partial charge in [-0.1, -0.05) is 31.2 Å². The summed E-state index contributed by atoms with van der Waals surface area (Å²) in [5, 5.41) is 19.9. The Bertz CT molecular complexity index is 1450. The lowest BCUT2D eigenvalue weighted by molar-refractivity contribution is -0.119. The van der Waals surface area contributed by atoms with Crippen molar-refractivity contribution in [3.05, 3.63) is 59.7 Å². The van der Waals surface area contributed by atoms with Crippen molar-refractivity contribution in [2.24, 2.45) is 11.8 Å². The maximum absolute atomic E-state index is 11.3. The number of Topliss-reactive ketones (excluding diaryl/α,β-unsaturated/α-hetero) is 2. The zero-order chi connectivity index (χ0) is 39.2. The Morgan fingerprint density at radius 3 is 1.35 bits per heavy atom. The smallest absolute Gasteiger partial charge is 0.143 e. The largest absolute Gasteiger partial charge is 0.389 e. The summed E-state index contributed by atoms with van der Waals surface area (Å²) in [4.78, 5) is 37.2. The van der Waals surface area contributed by atoms with Gasteiger partial charge in [0.2, 0.25) is 0 Å². The van der Waals surface area contributed by atoms with Crippen LogP contribution in [0.5, 0.6) is 0 Å². The van der Waals surface area contributed by atoms with Crippen LogP contribution >= 0.6 is 24.8 Å². The van der Waals surface area contributed by atoms with E-state index in [2.05, 4.69) is 59.7 Å². The number of ketones is 2. The lowest BCUT2D eigenvalue weighted by Gasteiger charge is -2.37. The molecule has 4 aliphatic rings. The summed E-state index contributed by atoms with van der Waals surface area (Å²) in [6, 6.07) is 16.7. The third kappa shape index (κ3) is 16.4. The summed E-state index contributed by atoms with van der Waals surface area (Å²) in [6.45, 7) is 23.9. The average Bonchev–Trinajstić information content (AvgIpc) is 3.20. The van der Waals surface area contributed by atoms with Gasteiger partial charge in [-0.05, 0) is 152 Å². The van der Waals surface area contributed by atoms with Crippen LogP contribution in [0.15, 0.2) is 48.5 Å². The first-order chi connectivity index (χ1) is 26.6. The van der Waals surface area contributed by atoms with Crippen molar-refractivity contribution in [1.29, 1.82) is 0 Å². The Kier molecular flexibility index (Phi) is 21.8. The maximum Gasteiger partial charge on any atom is 0.143 e. The second-order valence-corrected chi connectivity index (χ2v) is 16.9. The molecule has 2 unspecified atom stereocenters. The highest BCUT2D eigenvalue weighted by molar-refractivity contribution is 5.85. The first-order valence-corrected chi connectivity index (χ1v) is 21.5. The van der Waals surface area contributed by atoms with Crippen LogP contribution in [-0.2, 0) is 9.59 Å². The molecule has 2 atom stereocenters. The van der Waals surface area contributed by atoms with Crippen LogP contribution in [0.1, 0.15) is 96.0 Å². The molecule has 10 nitrogen and oxygen atoms in total. The summed E-state index contributed by atoms with van der Waals surface area (Å²) >= 11 is 0. The Hall–Kier alpha value is -2.28. The average molecular weight is 834 g/mol. The van der Waals surface area contributed by atoms with Crippen molar-refractivity contribution < 1.29 is 19.8 Å². The number of aliphatic hydroxyl groups is 2. The predicted octanol–water partition coefficient (Wildman–Crippen LogP) is 6.34. The van der Waals surface area contributed by atoms with Gasteiger partial charge in [-0.2, -0.15) is 0 Å². The van der Waals surface area contributed by atoms with Gasteiger partial charge in [0.1, 0.15) is 11.6 Å². The van der Waals surface area contributed by atoms with E-state index in [1.165, 1.54) is 63.0 Å². The molecule has 2 aromatic carbocycles. The number of benzene rings is 2. The monoisotopic (exact) mass is 833 g/mol. The number of hydrogen-bond acceptors (Lipinski definition) is 10. The number of carbonyl (C=O) groups excluding carboxylic acids is 2. The molecule has 0 aromatic heterocycles. The zero-order valence-electron chi connectivity index (χ0n) is 35.4. The van der Waals surface area contributed by atoms with Crippen LogP contribution in [0.25, 0.3) is 0 Å². The van der Waals surface area contributed by atoms with E-state index in [-0.39, 0.29) is 42.5 Å². The van der Waals surface area contributed by atoms with Crippen molar-refractivity contribution in [3.8, 4) is 0 Å². The van der Waals surface area contributed by atoms with Crippen LogP contribution < -0.4 is 9.80 Å². The number of aliphatic hydroxyl groups excluding tert-OH is 2. The number of piperidine rings is 2. The second-order valence-electron chi connectivity index (χ2n) is 16.9. The molecule has 0 radical (unpaired) electrons. The minimum absolute atomic E-state index is 0. The number of likely N-dealkylation sites (tertiary alicyclic amines) is 2. The Balaban J connectivity index is 0.000000295. The lowest BCUT2D eigenvalue weighted by Crippen LogP contribution is -2.47. The molecule has 4 saturated heterocycles. The highest BCUT2D eigenvalue weighted by Crippen LogP contribution is 2.26. The van der Waals surface area contributed by atoms with Gasteiger partial charge in [0.05, 0.1) is 25.3 Å². The molecule has 2 aromatic rings. The van der Waals surface area contributed by atoms with Crippen LogP contribution in [0.3, 0.4) is 0 Å². The lowest BCUT2D eigenvalue weighted by atomic mass is 9.93. The van der Waals surface area contributed by atoms with Crippen LogP contribution in [0.2, 0.25) is 0 Å². The van der Waals surface area contributed by atoms with Gasteiger partial charge in [-0.3, -0.25) is 29.2 Å². The van der Waals surface area contributed by atoms with E-state index in [0.717, 1.165) is 108 Å². The quantitative estimate of drug-likeness (QED) is 0.212. The van der Waals surface area contributed by atoms with Gasteiger partial charge in [0, 0.05) is 63.7 Å². The molecule has 12 heteroatoms. The second kappa shape index (κ2) is 25.4. The fraction of sp³-hybridized carbons (Fsp3) is 0.689. The number of hydrogen-bond donors (Lipinski definition) is 2. The fourth-order valence-corrected chi connectivity index (χ4v) is 8.83. The molecule has 0 amide bonds. The normalized spacial score (nSPS) is 20.5. The number of piperazine rings is 2. The first-order valence-electron chi connectivity index (χ1n) is 21.5. The number of anilines is 2. The van der Waals surface area contributed by atoms with E-state index in [1.807, 2.05) is 32.0 Å². The van der Waals surface area contributed by atoms with E-state index in [9.17, 15) is 19.8 Å². The predicted molar refractivity (Wildman–Crippen MR) is 239 cm³/mol. The molecule has 0 spiro atoms. The van der Waals surface area contributed by atoms with E-state index in [1.54, 1.807) is 13.8 Å².